The molecule has 0 saturated carbocycles. The maximum Gasteiger partial charge on any atom is 3.00 e. The Labute approximate surface area is 211 Å². The molecule has 0 atom stereocenters. The van der Waals surface area contributed by atoms with Crippen molar-refractivity contribution in [1.82, 2.24) is 0 Å². The molecule has 0 aromatic heterocycles. The number of rotatable bonds is 0. The summed E-state index contributed by atoms with van der Waals surface area (Å²) in [6, 6.07) is 0. The van der Waals surface area contributed by atoms with Crippen LogP contribution in [0.1, 0.15) is 0 Å². The van der Waals surface area contributed by atoms with Crippen molar-refractivity contribution in [2.75, 3.05) is 0 Å². The van der Waals surface area contributed by atoms with Crippen LogP contribution in [0, 0.1) is 159 Å². The van der Waals surface area contributed by atoms with Crippen molar-refractivity contribution in [3.8, 4) is 0 Å². The monoisotopic (exact) mass is 790 g/mol. The first-order valence-electron chi connectivity index (χ1n) is 0. The summed E-state index contributed by atoms with van der Waals surface area (Å²) < 4.78 is 0. The predicted molar refractivity (Wildman–Crippen MR) is 0 cm³/mol. The Morgan fingerprint density at radius 2 is 0.312 bits per heavy atom. The molecule has 98 valence electrons. The van der Waals surface area contributed by atoms with Gasteiger partial charge in [0.25, 0.3) is 0 Å². The molecule has 0 heterocycles. The van der Waals surface area contributed by atoms with Gasteiger partial charge in [0, 0.05) is 0 Å². The standard InChI is InChI=1S/Ce.12FH.La.Nd.Pr/h;12*1H;;;/q+3;;;;;;;;;;;;;3*+3/p-12. The molecule has 0 spiro atoms. The van der Waals surface area contributed by atoms with E-state index in [-0.39, 0.29) is 216 Å². The van der Waals surface area contributed by atoms with Crippen molar-refractivity contribution in [1.29, 1.82) is 0 Å². The van der Waals surface area contributed by atoms with E-state index >= 15 is 0 Å². The van der Waals surface area contributed by atoms with Gasteiger partial charge < -0.3 is 56.5 Å². The first-order valence-corrected chi connectivity index (χ1v) is 0. The van der Waals surface area contributed by atoms with Crippen LogP contribution < -0.4 is 56.5 Å². The zero-order valence-corrected chi connectivity index (χ0v) is 20.4. The molecular formula is CeF12LaNdPr. The zero-order chi connectivity index (χ0) is 0. The van der Waals surface area contributed by atoms with Gasteiger partial charge in [-0.2, -0.15) is 0 Å². The molecule has 16 heavy (non-hydrogen) atoms. The van der Waals surface area contributed by atoms with Gasteiger partial charge in [0.2, 0.25) is 0 Å². The molecule has 0 fully saturated rings. The summed E-state index contributed by atoms with van der Waals surface area (Å²) in [6.07, 6.45) is 0. The summed E-state index contributed by atoms with van der Waals surface area (Å²) >= 11 is 0. The fourth-order valence-corrected chi connectivity index (χ4v) is 0. The fourth-order valence-electron chi connectivity index (χ4n) is 0. The topological polar surface area (TPSA) is 0 Å². The van der Waals surface area contributed by atoms with Gasteiger partial charge in [-0.1, -0.05) is 0 Å². The maximum absolute atomic E-state index is 0. The van der Waals surface area contributed by atoms with Crippen LogP contribution in [0.15, 0.2) is 0 Å². The predicted octanol–water partition coefficient (Wildman–Crippen LogP) is -36.0. The number of halogens is 12. The second-order valence-electron chi connectivity index (χ2n) is 0. The van der Waals surface area contributed by atoms with Gasteiger partial charge in [0.1, 0.15) is 0 Å². The Hall–Kier alpha value is 4.45. The molecule has 0 N–H and O–H groups in total. The van der Waals surface area contributed by atoms with Crippen molar-refractivity contribution < 1.29 is 216 Å². The first kappa shape index (κ1) is 391. The van der Waals surface area contributed by atoms with E-state index in [9.17, 15) is 0 Å². The van der Waals surface area contributed by atoms with Gasteiger partial charge in [-0.3, -0.25) is 0 Å². The van der Waals surface area contributed by atoms with Crippen LogP contribution in [-0.4, -0.2) is 0 Å². The second-order valence-corrected chi connectivity index (χ2v) is 0. The zero-order valence-electron chi connectivity index (χ0n) is 6.69. The molecular weight excluding hydrogens is 792 g/mol. The molecule has 0 rings (SSSR count). The van der Waals surface area contributed by atoms with E-state index in [0.717, 1.165) is 0 Å². The van der Waals surface area contributed by atoms with E-state index < -0.39 is 0 Å². The average Bonchev–Trinajstić information content (AvgIpc) is 0. The fraction of sp³-hybridized carbons (Fsp3) is 0. The Balaban J connectivity index is 0. The minimum atomic E-state index is 0. The molecule has 0 bridgehead atoms. The maximum atomic E-state index is 0. The van der Waals surface area contributed by atoms with Gasteiger partial charge in [0.15, 0.2) is 0 Å². The summed E-state index contributed by atoms with van der Waals surface area (Å²) in [5, 5.41) is 0. The van der Waals surface area contributed by atoms with Gasteiger partial charge >= 0.3 is 159 Å². The number of hydrogen-bond donors (Lipinski definition) is 0. The van der Waals surface area contributed by atoms with Crippen molar-refractivity contribution in [3.63, 3.8) is 0 Å². The Morgan fingerprint density at radius 1 is 0.312 bits per heavy atom. The SMILES string of the molecule is [Ce+3].[F-].[F-].[F-].[F-].[F-].[F-].[F-].[F-].[F-].[F-].[F-].[F-].[La+3].[Nd+3].[Pr+3]. The molecule has 16 heteroatoms. The van der Waals surface area contributed by atoms with Crippen LogP contribution >= 0.6 is 0 Å². The van der Waals surface area contributed by atoms with Crippen molar-refractivity contribution >= 4 is 0 Å². The Kier molecular flexibility index (Phi) is 8180. The first-order chi connectivity index (χ1) is 0. The van der Waals surface area contributed by atoms with Crippen LogP contribution in [0.2, 0.25) is 0 Å². The molecule has 0 aromatic carbocycles. The minimum absolute atomic E-state index is 0. The minimum Gasteiger partial charge on any atom is -1.00 e. The molecule has 0 aliphatic rings. The van der Waals surface area contributed by atoms with Crippen LogP contribution in [0.25, 0.3) is 0 Å². The molecule has 0 saturated heterocycles. The molecule has 0 unspecified atom stereocenters. The van der Waals surface area contributed by atoms with Crippen LogP contribution in [0.4, 0.5) is 0 Å². The van der Waals surface area contributed by atoms with E-state index in [1.807, 2.05) is 0 Å². The van der Waals surface area contributed by atoms with E-state index in [4.69, 9.17) is 0 Å². The van der Waals surface area contributed by atoms with Crippen molar-refractivity contribution in [3.05, 3.63) is 0 Å². The molecule has 0 aromatic rings. The molecule has 2 radical (unpaired) electrons. The quantitative estimate of drug-likeness (QED) is 0.214. The third kappa shape index (κ3) is 284. The van der Waals surface area contributed by atoms with Crippen molar-refractivity contribution in [2.45, 2.75) is 0 Å². The van der Waals surface area contributed by atoms with E-state index in [1.165, 1.54) is 0 Å². The van der Waals surface area contributed by atoms with Crippen LogP contribution in [-0.2, 0) is 0 Å². The summed E-state index contributed by atoms with van der Waals surface area (Å²) in [4.78, 5) is 0. The van der Waals surface area contributed by atoms with Crippen LogP contribution in [0.5, 0.6) is 0 Å². The van der Waals surface area contributed by atoms with Gasteiger partial charge in [0.05, 0.1) is 0 Å². The van der Waals surface area contributed by atoms with E-state index in [0.29, 0.717) is 0 Å². The van der Waals surface area contributed by atoms with E-state index in [1.54, 1.807) is 0 Å². The molecule has 0 nitrogen and oxygen atoms in total. The van der Waals surface area contributed by atoms with Crippen LogP contribution in [0.3, 0.4) is 0 Å². The smallest absolute Gasteiger partial charge is 1.00 e. The average molecular weight is 792 g/mol. The summed E-state index contributed by atoms with van der Waals surface area (Å²) in [5.74, 6) is 0. The summed E-state index contributed by atoms with van der Waals surface area (Å²) in [7, 11) is 0. The molecule has 0 aliphatic heterocycles. The summed E-state index contributed by atoms with van der Waals surface area (Å²) in [5.41, 5.74) is 0. The van der Waals surface area contributed by atoms with Gasteiger partial charge in [-0.15, -0.1) is 0 Å². The third-order valence-corrected chi connectivity index (χ3v) is 0. The molecule has 0 amide bonds. The third-order valence-electron chi connectivity index (χ3n) is 0. The Bertz CT molecular complexity index is 21.0. The van der Waals surface area contributed by atoms with Gasteiger partial charge in [-0.25, -0.2) is 0 Å². The Morgan fingerprint density at radius 3 is 0.312 bits per heavy atom. The second kappa shape index (κ2) is 335. The normalized spacial score (nSPS) is 0. The number of hydrogen-bond acceptors (Lipinski definition) is 0. The largest absolute Gasteiger partial charge is 3.00 e. The molecule has 0 aliphatic carbocycles. The van der Waals surface area contributed by atoms with Crippen molar-refractivity contribution in [2.24, 2.45) is 0 Å². The van der Waals surface area contributed by atoms with Gasteiger partial charge in [-0.05, 0) is 0 Å². The van der Waals surface area contributed by atoms with E-state index in [2.05, 4.69) is 0 Å². The summed E-state index contributed by atoms with van der Waals surface area (Å²) in [6.45, 7) is 0.